The maximum Gasteiger partial charge on any atom is 0.251 e. The number of carbonyl (C=O) groups is 2. The highest BCUT2D eigenvalue weighted by Crippen LogP contribution is 2.20. The molecular formula is C22H20N2O2. The van der Waals surface area contributed by atoms with Crippen molar-refractivity contribution in [2.75, 3.05) is 5.32 Å². The van der Waals surface area contributed by atoms with Gasteiger partial charge < -0.3 is 10.6 Å². The Morgan fingerprint density at radius 2 is 1.69 bits per heavy atom. The van der Waals surface area contributed by atoms with Gasteiger partial charge in [0, 0.05) is 17.3 Å². The molecule has 0 bridgehead atoms. The maximum absolute atomic E-state index is 12.4. The summed E-state index contributed by atoms with van der Waals surface area (Å²) in [5.41, 5.74) is 2.17. The Morgan fingerprint density at radius 1 is 0.885 bits per heavy atom. The first-order valence-electron chi connectivity index (χ1n) is 8.86. The average molecular weight is 344 g/mol. The number of amides is 2. The van der Waals surface area contributed by atoms with Crippen LogP contribution in [0, 0.1) is 0 Å². The lowest BCUT2D eigenvalue weighted by molar-refractivity contribution is -0.115. The van der Waals surface area contributed by atoms with Crippen LogP contribution in [0.4, 0.5) is 5.69 Å². The molecule has 4 rings (SSSR count). The lowest BCUT2D eigenvalue weighted by Gasteiger charge is -2.08. The lowest BCUT2D eigenvalue weighted by Crippen LogP contribution is -2.25. The van der Waals surface area contributed by atoms with Gasteiger partial charge in [-0.3, -0.25) is 9.59 Å². The smallest absolute Gasteiger partial charge is 0.251 e. The number of hydrogen-bond acceptors (Lipinski definition) is 2. The number of nitrogens with one attached hydrogen (secondary N) is 2. The first kappa shape index (κ1) is 16.3. The summed E-state index contributed by atoms with van der Waals surface area (Å²) in [5.74, 6) is -0.182. The molecule has 1 fully saturated rings. The van der Waals surface area contributed by atoms with Crippen molar-refractivity contribution in [1.29, 1.82) is 0 Å². The Morgan fingerprint density at radius 3 is 2.50 bits per heavy atom. The summed E-state index contributed by atoms with van der Waals surface area (Å²) in [4.78, 5) is 24.5. The molecule has 2 amide bonds. The van der Waals surface area contributed by atoms with E-state index in [1.54, 1.807) is 24.3 Å². The third-order valence-electron chi connectivity index (χ3n) is 4.50. The van der Waals surface area contributed by atoms with Crippen molar-refractivity contribution >= 4 is 28.3 Å². The summed E-state index contributed by atoms with van der Waals surface area (Å²) >= 11 is 0. The van der Waals surface area contributed by atoms with Crippen LogP contribution in [-0.4, -0.2) is 17.9 Å². The second-order valence-corrected chi connectivity index (χ2v) is 6.73. The highest BCUT2D eigenvalue weighted by atomic mass is 16.2. The first-order chi connectivity index (χ1) is 12.7. The number of rotatable bonds is 5. The van der Waals surface area contributed by atoms with Gasteiger partial charge in [0.1, 0.15) is 0 Å². The molecule has 1 saturated carbocycles. The SMILES string of the molecule is O=C(Cc1ccc2ccccc2c1)Nc1cccc(C(=O)NC2CC2)c1. The fourth-order valence-electron chi connectivity index (χ4n) is 2.97. The molecule has 4 heteroatoms. The second kappa shape index (κ2) is 7.00. The van der Waals surface area contributed by atoms with E-state index in [1.165, 1.54) is 0 Å². The van der Waals surface area contributed by atoms with Gasteiger partial charge in [0.25, 0.3) is 5.91 Å². The van der Waals surface area contributed by atoms with E-state index in [0.717, 1.165) is 29.2 Å². The quantitative estimate of drug-likeness (QED) is 0.737. The largest absolute Gasteiger partial charge is 0.349 e. The van der Waals surface area contributed by atoms with Crippen LogP contribution in [-0.2, 0) is 11.2 Å². The number of benzene rings is 3. The first-order valence-corrected chi connectivity index (χ1v) is 8.86. The summed E-state index contributed by atoms with van der Waals surface area (Å²) in [6, 6.07) is 21.5. The third kappa shape index (κ3) is 3.91. The van der Waals surface area contributed by atoms with Crippen LogP contribution >= 0.6 is 0 Å². The zero-order chi connectivity index (χ0) is 17.9. The van der Waals surface area contributed by atoms with Crippen LogP contribution in [0.1, 0.15) is 28.8 Å². The minimum Gasteiger partial charge on any atom is -0.349 e. The number of carbonyl (C=O) groups excluding carboxylic acids is 2. The molecule has 0 saturated heterocycles. The molecule has 130 valence electrons. The molecule has 0 aromatic heterocycles. The molecule has 2 N–H and O–H groups in total. The zero-order valence-corrected chi connectivity index (χ0v) is 14.4. The molecule has 0 heterocycles. The standard InChI is InChI=1S/C22H20N2O2/c25-21(13-15-8-9-16-4-1-2-5-17(16)12-15)23-20-7-3-6-18(14-20)22(26)24-19-10-11-19/h1-9,12,14,19H,10-11,13H2,(H,23,25)(H,24,26). The highest BCUT2D eigenvalue weighted by Gasteiger charge is 2.23. The lowest BCUT2D eigenvalue weighted by atomic mass is 10.0. The Labute approximate surface area is 152 Å². The van der Waals surface area contributed by atoms with E-state index in [9.17, 15) is 9.59 Å². The number of hydrogen-bond donors (Lipinski definition) is 2. The molecule has 1 aliphatic rings. The third-order valence-corrected chi connectivity index (χ3v) is 4.50. The predicted molar refractivity (Wildman–Crippen MR) is 103 cm³/mol. The van der Waals surface area contributed by atoms with Crippen molar-refractivity contribution in [3.05, 3.63) is 77.9 Å². The van der Waals surface area contributed by atoms with Gasteiger partial charge in [-0.2, -0.15) is 0 Å². The van der Waals surface area contributed by atoms with E-state index in [2.05, 4.69) is 16.7 Å². The van der Waals surface area contributed by atoms with Gasteiger partial charge in [-0.1, -0.05) is 48.5 Å². The van der Waals surface area contributed by atoms with Gasteiger partial charge >= 0.3 is 0 Å². The van der Waals surface area contributed by atoms with Gasteiger partial charge in [0.15, 0.2) is 0 Å². The molecule has 0 atom stereocenters. The van der Waals surface area contributed by atoms with Crippen LogP contribution in [0.2, 0.25) is 0 Å². The van der Waals surface area contributed by atoms with Crippen molar-refractivity contribution in [2.45, 2.75) is 25.3 Å². The fraction of sp³-hybridized carbons (Fsp3) is 0.182. The normalized spacial score (nSPS) is 13.4. The minimum absolute atomic E-state index is 0.0851. The zero-order valence-electron chi connectivity index (χ0n) is 14.4. The Kier molecular flexibility index (Phi) is 4.40. The maximum atomic E-state index is 12.4. The second-order valence-electron chi connectivity index (χ2n) is 6.73. The molecule has 3 aromatic rings. The van der Waals surface area contributed by atoms with Gasteiger partial charge in [0.05, 0.1) is 6.42 Å². The summed E-state index contributed by atoms with van der Waals surface area (Å²) in [6.07, 6.45) is 2.39. The molecule has 1 aliphatic carbocycles. The van der Waals surface area contributed by atoms with Crippen LogP contribution in [0.15, 0.2) is 66.7 Å². The average Bonchev–Trinajstić information content (AvgIpc) is 3.45. The number of anilines is 1. The van der Waals surface area contributed by atoms with E-state index in [1.807, 2.05) is 36.4 Å². The Hall–Kier alpha value is -3.14. The van der Waals surface area contributed by atoms with Crippen LogP contribution in [0.5, 0.6) is 0 Å². The van der Waals surface area contributed by atoms with E-state index < -0.39 is 0 Å². The molecule has 0 aliphatic heterocycles. The van der Waals surface area contributed by atoms with Crippen LogP contribution in [0.25, 0.3) is 10.8 Å². The van der Waals surface area contributed by atoms with Crippen molar-refractivity contribution in [3.8, 4) is 0 Å². The van der Waals surface area contributed by atoms with Gasteiger partial charge in [0.2, 0.25) is 5.91 Å². The highest BCUT2D eigenvalue weighted by molar-refractivity contribution is 5.98. The minimum atomic E-state index is -0.0972. The van der Waals surface area contributed by atoms with Gasteiger partial charge in [-0.25, -0.2) is 0 Å². The summed E-state index contributed by atoms with van der Waals surface area (Å²) in [6.45, 7) is 0. The Balaban J connectivity index is 1.42. The van der Waals surface area contributed by atoms with Crippen LogP contribution in [0.3, 0.4) is 0 Å². The molecule has 3 aromatic carbocycles. The van der Waals surface area contributed by atoms with Crippen molar-refractivity contribution in [3.63, 3.8) is 0 Å². The topological polar surface area (TPSA) is 58.2 Å². The van der Waals surface area contributed by atoms with E-state index in [0.29, 0.717) is 23.7 Å². The molecule has 26 heavy (non-hydrogen) atoms. The van der Waals surface area contributed by atoms with E-state index in [4.69, 9.17) is 0 Å². The van der Waals surface area contributed by atoms with E-state index >= 15 is 0 Å². The summed E-state index contributed by atoms with van der Waals surface area (Å²) in [5, 5.41) is 8.12. The van der Waals surface area contributed by atoms with Gasteiger partial charge in [-0.15, -0.1) is 0 Å². The van der Waals surface area contributed by atoms with Crippen molar-refractivity contribution in [2.24, 2.45) is 0 Å². The predicted octanol–water partition coefficient (Wildman–Crippen LogP) is 3.91. The van der Waals surface area contributed by atoms with Gasteiger partial charge in [-0.05, 0) is 47.4 Å². The summed E-state index contributed by atoms with van der Waals surface area (Å²) in [7, 11) is 0. The monoisotopic (exact) mass is 344 g/mol. The Bertz CT molecular complexity index is 977. The molecule has 0 radical (unpaired) electrons. The van der Waals surface area contributed by atoms with Crippen molar-refractivity contribution < 1.29 is 9.59 Å². The summed E-state index contributed by atoms with van der Waals surface area (Å²) < 4.78 is 0. The van der Waals surface area contributed by atoms with Crippen LogP contribution < -0.4 is 10.6 Å². The molecule has 0 spiro atoms. The molecular weight excluding hydrogens is 324 g/mol. The molecule has 4 nitrogen and oxygen atoms in total. The molecule has 0 unspecified atom stereocenters. The van der Waals surface area contributed by atoms with Crippen molar-refractivity contribution in [1.82, 2.24) is 5.32 Å². The number of fused-ring (bicyclic) bond motifs is 1. The van der Waals surface area contributed by atoms with E-state index in [-0.39, 0.29) is 11.8 Å². The fourth-order valence-corrected chi connectivity index (χ4v) is 2.97.